The van der Waals surface area contributed by atoms with Crippen LogP contribution in [-0.4, -0.2) is 29.2 Å². The molecule has 0 fully saturated rings. The van der Waals surface area contributed by atoms with Gasteiger partial charge in [0.2, 0.25) is 0 Å². The molecule has 0 aliphatic carbocycles. The maximum Gasteiger partial charge on any atom is 0.339 e. The molecule has 19 heavy (non-hydrogen) atoms. The highest BCUT2D eigenvalue weighted by Crippen LogP contribution is 2.35. The van der Waals surface area contributed by atoms with E-state index in [2.05, 4.69) is 9.88 Å². The molecule has 1 N–H and O–H groups in total. The summed E-state index contributed by atoms with van der Waals surface area (Å²) in [5.41, 5.74) is 2.84. The zero-order valence-corrected chi connectivity index (χ0v) is 10.9. The van der Waals surface area contributed by atoms with Crippen molar-refractivity contribution >= 4 is 23.0 Å². The Labute approximate surface area is 114 Å². The molecule has 1 aliphatic heterocycles. The van der Waals surface area contributed by atoms with Gasteiger partial charge in [-0.25, -0.2) is 4.79 Å². The molecule has 6 heteroatoms. The van der Waals surface area contributed by atoms with Crippen LogP contribution in [0.25, 0.3) is 0 Å². The van der Waals surface area contributed by atoms with Crippen molar-refractivity contribution in [1.82, 2.24) is 4.98 Å². The SMILES string of the molecule is O=C(O)c1cccc2c1OCCN2Cc1cncs1. The fourth-order valence-corrected chi connectivity index (χ4v) is 2.75. The van der Waals surface area contributed by atoms with Crippen LogP contribution in [0.5, 0.6) is 5.75 Å². The fourth-order valence-electron chi connectivity index (χ4n) is 2.14. The van der Waals surface area contributed by atoms with Crippen LogP contribution in [0.15, 0.2) is 29.9 Å². The first-order valence-electron chi connectivity index (χ1n) is 5.87. The third-order valence-corrected chi connectivity index (χ3v) is 3.77. The summed E-state index contributed by atoms with van der Waals surface area (Å²) in [6.45, 7) is 1.97. The first-order valence-corrected chi connectivity index (χ1v) is 6.75. The molecule has 3 rings (SSSR count). The third kappa shape index (κ3) is 2.26. The molecule has 1 aromatic carbocycles. The highest BCUT2D eigenvalue weighted by Gasteiger charge is 2.23. The number of anilines is 1. The van der Waals surface area contributed by atoms with Crippen LogP contribution in [0.1, 0.15) is 15.2 Å². The van der Waals surface area contributed by atoms with Gasteiger partial charge in [0, 0.05) is 11.1 Å². The second-order valence-electron chi connectivity index (χ2n) is 4.20. The number of rotatable bonds is 3. The largest absolute Gasteiger partial charge is 0.489 e. The number of carboxylic acid groups (broad SMARTS) is 1. The number of aromatic nitrogens is 1. The van der Waals surface area contributed by atoms with E-state index in [1.165, 1.54) is 0 Å². The molecule has 1 aliphatic rings. The number of thiazole rings is 1. The van der Waals surface area contributed by atoms with E-state index in [4.69, 9.17) is 4.74 Å². The summed E-state index contributed by atoms with van der Waals surface area (Å²) in [6, 6.07) is 5.20. The Hall–Kier alpha value is -2.08. The number of aromatic carboxylic acids is 1. The van der Waals surface area contributed by atoms with E-state index < -0.39 is 5.97 Å². The van der Waals surface area contributed by atoms with Crippen LogP contribution in [0.4, 0.5) is 5.69 Å². The number of fused-ring (bicyclic) bond motifs is 1. The van der Waals surface area contributed by atoms with Crippen molar-refractivity contribution < 1.29 is 14.6 Å². The minimum absolute atomic E-state index is 0.214. The second-order valence-corrected chi connectivity index (χ2v) is 5.17. The Kier molecular flexibility index (Phi) is 3.08. The van der Waals surface area contributed by atoms with Crippen molar-refractivity contribution in [2.75, 3.05) is 18.1 Å². The molecule has 0 saturated heterocycles. The fraction of sp³-hybridized carbons (Fsp3) is 0.231. The first-order chi connectivity index (χ1) is 9.25. The molecule has 0 amide bonds. The van der Waals surface area contributed by atoms with Gasteiger partial charge in [-0.1, -0.05) is 6.07 Å². The molecule has 0 radical (unpaired) electrons. The van der Waals surface area contributed by atoms with Gasteiger partial charge < -0.3 is 14.7 Å². The summed E-state index contributed by atoms with van der Waals surface area (Å²) >= 11 is 1.59. The first kappa shape index (κ1) is 12.0. The average Bonchev–Trinajstić information content (AvgIpc) is 2.91. The molecule has 2 aromatic rings. The van der Waals surface area contributed by atoms with Gasteiger partial charge in [-0.2, -0.15) is 0 Å². The lowest BCUT2D eigenvalue weighted by Gasteiger charge is -2.31. The lowest BCUT2D eigenvalue weighted by Crippen LogP contribution is -2.32. The van der Waals surface area contributed by atoms with Crippen molar-refractivity contribution in [3.8, 4) is 5.75 Å². The number of ether oxygens (including phenoxy) is 1. The molecule has 2 heterocycles. The van der Waals surface area contributed by atoms with Gasteiger partial charge in [0.15, 0.2) is 5.75 Å². The number of nitrogens with zero attached hydrogens (tertiary/aromatic N) is 2. The zero-order valence-electron chi connectivity index (χ0n) is 10.1. The monoisotopic (exact) mass is 276 g/mol. The van der Waals surface area contributed by atoms with E-state index in [-0.39, 0.29) is 5.56 Å². The Bertz CT molecular complexity index is 598. The van der Waals surface area contributed by atoms with Crippen LogP contribution >= 0.6 is 11.3 Å². The van der Waals surface area contributed by atoms with Crippen molar-refractivity contribution in [3.05, 3.63) is 40.3 Å². The molecule has 0 spiro atoms. The van der Waals surface area contributed by atoms with Gasteiger partial charge in [-0.05, 0) is 12.1 Å². The molecule has 0 unspecified atom stereocenters. The third-order valence-electron chi connectivity index (χ3n) is 3.00. The predicted molar refractivity (Wildman–Crippen MR) is 72.1 cm³/mol. The van der Waals surface area contributed by atoms with Crippen LogP contribution in [-0.2, 0) is 6.54 Å². The van der Waals surface area contributed by atoms with E-state index in [1.54, 1.807) is 29.0 Å². The standard InChI is InChI=1S/C13H12N2O3S/c16-13(17)10-2-1-3-11-12(10)18-5-4-15(11)7-9-6-14-8-19-9/h1-3,6,8H,4-5,7H2,(H,16,17). The Morgan fingerprint density at radius 2 is 2.42 bits per heavy atom. The normalized spacial score (nSPS) is 13.8. The molecule has 98 valence electrons. The summed E-state index contributed by atoms with van der Waals surface area (Å²) in [7, 11) is 0. The molecule has 5 nitrogen and oxygen atoms in total. The Morgan fingerprint density at radius 1 is 1.53 bits per heavy atom. The summed E-state index contributed by atoms with van der Waals surface area (Å²) < 4.78 is 5.53. The Balaban J connectivity index is 1.96. The molecule has 0 atom stereocenters. The highest BCUT2D eigenvalue weighted by molar-refractivity contribution is 7.09. The molecule has 0 saturated carbocycles. The highest BCUT2D eigenvalue weighted by atomic mass is 32.1. The molecule has 0 bridgehead atoms. The molecule has 1 aromatic heterocycles. The number of benzene rings is 1. The van der Waals surface area contributed by atoms with E-state index in [1.807, 2.05) is 12.3 Å². The number of hydrogen-bond acceptors (Lipinski definition) is 5. The summed E-state index contributed by atoms with van der Waals surface area (Å²) in [4.78, 5) is 18.5. The van der Waals surface area contributed by atoms with E-state index in [0.29, 0.717) is 12.4 Å². The van der Waals surface area contributed by atoms with E-state index in [9.17, 15) is 9.90 Å². The Morgan fingerprint density at radius 3 is 3.16 bits per heavy atom. The zero-order chi connectivity index (χ0) is 13.2. The number of hydrogen-bond donors (Lipinski definition) is 1. The molecular formula is C13H12N2O3S. The maximum absolute atomic E-state index is 11.2. The topological polar surface area (TPSA) is 62.7 Å². The quantitative estimate of drug-likeness (QED) is 0.931. The smallest absolute Gasteiger partial charge is 0.339 e. The lowest BCUT2D eigenvalue weighted by atomic mass is 10.1. The number of carbonyl (C=O) groups is 1. The van der Waals surface area contributed by atoms with E-state index in [0.717, 1.165) is 23.7 Å². The number of carboxylic acids is 1. The summed E-state index contributed by atoms with van der Waals surface area (Å²) in [6.07, 6.45) is 1.83. The van der Waals surface area contributed by atoms with Gasteiger partial charge in [-0.15, -0.1) is 11.3 Å². The minimum Gasteiger partial charge on any atom is -0.489 e. The van der Waals surface area contributed by atoms with Crippen molar-refractivity contribution in [3.63, 3.8) is 0 Å². The average molecular weight is 276 g/mol. The predicted octanol–water partition coefficient (Wildman–Crippen LogP) is 2.24. The van der Waals surface area contributed by atoms with E-state index >= 15 is 0 Å². The summed E-state index contributed by atoms with van der Waals surface area (Å²) in [5, 5.41) is 9.18. The van der Waals surface area contributed by atoms with Gasteiger partial charge in [0.05, 0.1) is 24.3 Å². The van der Waals surface area contributed by atoms with Crippen LogP contribution < -0.4 is 9.64 Å². The minimum atomic E-state index is -0.962. The van der Waals surface area contributed by atoms with Gasteiger partial charge >= 0.3 is 5.97 Å². The second kappa shape index (κ2) is 4.89. The number of para-hydroxylation sites is 1. The van der Waals surface area contributed by atoms with Gasteiger partial charge in [-0.3, -0.25) is 4.98 Å². The van der Waals surface area contributed by atoms with Crippen molar-refractivity contribution in [1.29, 1.82) is 0 Å². The van der Waals surface area contributed by atoms with Crippen molar-refractivity contribution in [2.24, 2.45) is 0 Å². The van der Waals surface area contributed by atoms with Crippen LogP contribution in [0, 0.1) is 0 Å². The van der Waals surface area contributed by atoms with Crippen molar-refractivity contribution in [2.45, 2.75) is 6.54 Å². The lowest BCUT2D eigenvalue weighted by molar-refractivity contribution is 0.0692. The summed E-state index contributed by atoms with van der Waals surface area (Å²) in [5.74, 6) is -0.498. The van der Waals surface area contributed by atoms with Crippen LogP contribution in [0.2, 0.25) is 0 Å². The van der Waals surface area contributed by atoms with Crippen LogP contribution in [0.3, 0.4) is 0 Å². The van der Waals surface area contributed by atoms with Gasteiger partial charge in [0.25, 0.3) is 0 Å². The maximum atomic E-state index is 11.2. The molecular weight excluding hydrogens is 264 g/mol. The van der Waals surface area contributed by atoms with Gasteiger partial charge in [0.1, 0.15) is 12.2 Å².